The summed E-state index contributed by atoms with van der Waals surface area (Å²) in [6.45, 7) is 0.513. The highest BCUT2D eigenvalue weighted by molar-refractivity contribution is 5.85. The number of aliphatic hydroxyl groups is 2. The fraction of sp³-hybridized carbons (Fsp3) is 0.455. The van der Waals surface area contributed by atoms with Gasteiger partial charge < -0.3 is 25.0 Å². The number of halogens is 3. The van der Waals surface area contributed by atoms with Gasteiger partial charge in [-0.05, 0) is 73.2 Å². The average molecular weight is 442 g/mol. The number of benzene rings is 2. The summed E-state index contributed by atoms with van der Waals surface area (Å²) in [6, 6.07) is 8.79. The Morgan fingerprint density at radius 3 is 1.70 bits per heavy atom. The molecule has 2 aromatic carbocycles. The zero-order valence-corrected chi connectivity index (χ0v) is 17.2. The monoisotopic (exact) mass is 441 g/mol. The van der Waals surface area contributed by atoms with E-state index in [-0.39, 0.29) is 49.3 Å². The summed E-state index contributed by atoms with van der Waals surface area (Å²) in [7, 11) is 0. The summed E-state index contributed by atoms with van der Waals surface area (Å²) in [5.41, 5.74) is 1.62. The molecule has 0 unspecified atom stereocenters. The van der Waals surface area contributed by atoms with E-state index in [4.69, 9.17) is 9.47 Å². The molecule has 0 amide bonds. The fourth-order valence-corrected chi connectivity index (χ4v) is 3.94. The van der Waals surface area contributed by atoms with Gasteiger partial charge in [0, 0.05) is 13.1 Å². The first-order valence-electron chi connectivity index (χ1n) is 9.96. The molecule has 0 saturated carbocycles. The molecule has 2 aliphatic heterocycles. The normalized spacial score (nSPS) is 21.9. The van der Waals surface area contributed by atoms with Crippen LogP contribution in [-0.2, 0) is 12.8 Å². The first-order valence-corrected chi connectivity index (χ1v) is 9.96. The van der Waals surface area contributed by atoms with Crippen molar-refractivity contribution in [2.45, 2.75) is 50.1 Å². The third-order valence-electron chi connectivity index (χ3n) is 5.56. The van der Waals surface area contributed by atoms with E-state index in [0.717, 1.165) is 11.1 Å². The molecule has 4 rings (SSSR count). The number of aliphatic hydroxyl groups excluding tert-OH is 2. The van der Waals surface area contributed by atoms with Gasteiger partial charge in [0.15, 0.2) is 0 Å². The Balaban J connectivity index is 0.00000256. The van der Waals surface area contributed by atoms with Crippen molar-refractivity contribution >= 4 is 12.4 Å². The Morgan fingerprint density at radius 1 is 0.833 bits per heavy atom. The molecule has 0 fully saturated rings. The molecule has 2 aliphatic rings. The van der Waals surface area contributed by atoms with Crippen LogP contribution in [0.15, 0.2) is 36.4 Å². The van der Waals surface area contributed by atoms with Crippen LogP contribution in [0.2, 0.25) is 0 Å². The topological polar surface area (TPSA) is 71.0 Å². The summed E-state index contributed by atoms with van der Waals surface area (Å²) in [5, 5.41) is 23.9. The number of ether oxygens (including phenoxy) is 2. The summed E-state index contributed by atoms with van der Waals surface area (Å²) >= 11 is 0. The second-order valence-corrected chi connectivity index (χ2v) is 7.69. The molecule has 8 heteroatoms. The van der Waals surface area contributed by atoms with E-state index in [1.165, 1.54) is 24.3 Å². The molecular formula is C22H26ClF2NO4. The lowest BCUT2D eigenvalue weighted by molar-refractivity contribution is 0.00892. The number of hydrogen-bond donors (Lipinski definition) is 3. The van der Waals surface area contributed by atoms with Crippen molar-refractivity contribution in [1.82, 2.24) is 5.32 Å². The highest BCUT2D eigenvalue weighted by atomic mass is 35.5. The van der Waals surface area contributed by atoms with Crippen LogP contribution in [0.1, 0.15) is 24.0 Å². The third-order valence-corrected chi connectivity index (χ3v) is 5.56. The van der Waals surface area contributed by atoms with Gasteiger partial charge in [-0.25, -0.2) is 8.78 Å². The number of hydrogen-bond acceptors (Lipinski definition) is 5. The van der Waals surface area contributed by atoms with Crippen molar-refractivity contribution in [1.29, 1.82) is 0 Å². The van der Waals surface area contributed by atoms with E-state index in [1.807, 2.05) is 0 Å². The average Bonchev–Trinajstić information content (AvgIpc) is 2.72. The first kappa shape index (κ1) is 22.7. The summed E-state index contributed by atoms with van der Waals surface area (Å²) in [6.07, 6.45) is 0.214. The molecule has 0 saturated heterocycles. The summed E-state index contributed by atoms with van der Waals surface area (Å²) < 4.78 is 38.2. The van der Waals surface area contributed by atoms with Crippen LogP contribution < -0.4 is 14.8 Å². The van der Waals surface area contributed by atoms with Crippen molar-refractivity contribution in [3.05, 3.63) is 59.2 Å². The minimum atomic E-state index is -0.753. The molecule has 164 valence electrons. The maximum Gasteiger partial charge on any atom is 0.126 e. The standard InChI is InChI=1S/C22H25F2NO4.ClH/c23-15-3-7-19-13(9-15)1-5-21(28-19)17(26)11-25-12-18(27)22-6-2-14-10-16(24)4-8-20(14)29-22;/h3-4,7-10,17-18,21-22,25-27H,1-2,5-6,11-12H2;1H/t17-,18+,21-,22+;. The van der Waals surface area contributed by atoms with E-state index >= 15 is 0 Å². The lowest BCUT2D eigenvalue weighted by Gasteiger charge is -2.31. The van der Waals surface area contributed by atoms with E-state index in [0.29, 0.717) is 37.2 Å². The predicted octanol–water partition coefficient (Wildman–Crippen LogP) is 2.79. The van der Waals surface area contributed by atoms with Crippen LogP contribution in [0, 0.1) is 11.6 Å². The van der Waals surface area contributed by atoms with Crippen molar-refractivity contribution in [3.8, 4) is 11.5 Å². The van der Waals surface area contributed by atoms with Gasteiger partial charge >= 0.3 is 0 Å². The van der Waals surface area contributed by atoms with Gasteiger partial charge in [0.25, 0.3) is 0 Å². The third kappa shape index (κ3) is 5.21. The fourth-order valence-electron chi connectivity index (χ4n) is 3.94. The number of nitrogens with one attached hydrogen (secondary N) is 1. The van der Waals surface area contributed by atoms with Crippen LogP contribution in [0.3, 0.4) is 0 Å². The molecule has 0 spiro atoms. The molecule has 0 aromatic heterocycles. The predicted molar refractivity (Wildman–Crippen MR) is 110 cm³/mol. The van der Waals surface area contributed by atoms with Crippen molar-refractivity contribution in [2.75, 3.05) is 13.1 Å². The van der Waals surface area contributed by atoms with E-state index < -0.39 is 12.2 Å². The quantitative estimate of drug-likeness (QED) is 0.643. The minimum Gasteiger partial charge on any atom is -0.487 e. The van der Waals surface area contributed by atoms with E-state index in [9.17, 15) is 19.0 Å². The van der Waals surface area contributed by atoms with E-state index in [1.54, 1.807) is 12.1 Å². The molecule has 5 nitrogen and oxygen atoms in total. The SMILES string of the molecule is Cl.O[C@H](CNC[C@H](O)[C@@H]1CCc2cc(F)ccc2O1)[C@H]1CCc2cc(F)ccc2O1. The van der Waals surface area contributed by atoms with Gasteiger partial charge in [-0.3, -0.25) is 0 Å². The molecule has 2 aromatic rings. The second kappa shape index (κ2) is 9.92. The second-order valence-electron chi connectivity index (χ2n) is 7.69. The number of aryl methyl sites for hydroxylation is 2. The van der Waals surface area contributed by atoms with Crippen LogP contribution >= 0.6 is 12.4 Å². The summed E-state index contributed by atoms with van der Waals surface area (Å²) in [4.78, 5) is 0. The molecule has 0 radical (unpaired) electrons. The van der Waals surface area contributed by atoms with Gasteiger partial charge in [-0.2, -0.15) is 0 Å². The summed E-state index contributed by atoms with van der Waals surface area (Å²) in [5.74, 6) is 0.624. The van der Waals surface area contributed by atoms with Gasteiger partial charge in [0.2, 0.25) is 0 Å². The molecule has 0 bridgehead atoms. The zero-order valence-electron chi connectivity index (χ0n) is 16.4. The highest BCUT2D eigenvalue weighted by Crippen LogP contribution is 2.30. The van der Waals surface area contributed by atoms with Crippen molar-refractivity contribution in [3.63, 3.8) is 0 Å². The van der Waals surface area contributed by atoms with Crippen LogP contribution in [0.4, 0.5) is 8.78 Å². The van der Waals surface area contributed by atoms with Gasteiger partial charge in [-0.15, -0.1) is 12.4 Å². The minimum absolute atomic E-state index is 0. The smallest absolute Gasteiger partial charge is 0.126 e. The van der Waals surface area contributed by atoms with Gasteiger partial charge in [-0.1, -0.05) is 0 Å². The molecule has 4 atom stereocenters. The molecule has 3 N–H and O–H groups in total. The Morgan fingerprint density at radius 2 is 1.27 bits per heavy atom. The van der Waals surface area contributed by atoms with Crippen molar-refractivity contribution in [2.24, 2.45) is 0 Å². The van der Waals surface area contributed by atoms with Crippen molar-refractivity contribution < 1.29 is 28.5 Å². The Hall–Kier alpha value is -1.93. The lowest BCUT2D eigenvalue weighted by Crippen LogP contribution is -2.46. The Labute approximate surface area is 180 Å². The highest BCUT2D eigenvalue weighted by Gasteiger charge is 2.29. The number of rotatable bonds is 6. The largest absolute Gasteiger partial charge is 0.487 e. The maximum absolute atomic E-state index is 13.3. The van der Waals surface area contributed by atoms with Crippen LogP contribution in [-0.4, -0.2) is 47.7 Å². The maximum atomic E-state index is 13.3. The molecular weight excluding hydrogens is 416 g/mol. The lowest BCUT2D eigenvalue weighted by atomic mass is 9.98. The Bertz CT molecular complexity index is 800. The molecule has 30 heavy (non-hydrogen) atoms. The zero-order chi connectivity index (χ0) is 20.4. The van der Waals surface area contributed by atoms with Crippen LogP contribution in [0.5, 0.6) is 11.5 Å². The van der Waals surface area contributed by atoms with Crippen LogP contribution in [0.25, 0.3) is 0 Å². The Kier molecular flexibility index (Phi) is 7.52. The van der Waals surface area contributed by atoms with E-state index in [2.05, 4.69) is 5.32 Å². The molecule has 0 aliphatic carbocycles. The van der Waals surface area contributed by atoms with Gasteiger partial charge in [0.05, 0.1) is 0 Å². The number of fused-ring (bicyclic) bond motifs is 2. The van der Waals surface area contributed by atoms with Gasteiger partial charge in [0.1, 0.15) is 47.5 Å². The first-order chi connectivity index (χ1) is 14.0. The molecule has 2 heterocycles.